The fourth-order valence-electron chi connectivity index (χ4n) is 1.74. The van der Waals surface area contributed by atoms with Crippen LogP contribution >= 0.6 is 11.3 Å². The Morgan fingerprint density at radius 3 is 2.93 bits per heavy atom. The second-order valence-corrected chi connectivity index (χ2v) is 4.49. The van der Waals surface area contributed by atoms with E-state index in [-0.39, 0.29) is 0 Å². The summed E-state index contributed by atoms with van der Waals surface area (Å²) >= 11 is 1.58. The van der Waals surface area contributed by atoms with E-state index in [0.717, 1.165) is 33.9 Å². The molecule has 1 aromatic carbocycles. The molecule has 2 aromatic rings. The third-order valence-electron chi connectivity index (χ3n) is 2.46. The molecule has 3 nitrogen and oxygen atoms in total. The molecule has 0 saturated heterocycles. The normalized spacial score (nSPS) is 15.3. The van der Waals surface area contributed by atoms with Crippen LogP contribution in [0, 0.1) is 0 Å². The fourth-order valence-corrected chi connectivity index (χ4v) is 2.82. The molecule has 0 amide bonds. The van der Waals surface area contributed by atoms with Gasteiger partial charge in [-0.1, -0.05) is 12.1 Å². The van der Waals surface area contributed by atoms with Gasteiger partial charge in [-0.15, -0.1) is 11.3 Å². The van der Waals surface area contributed by atoms with Crippen LogP contribution in [0.1, 0.15) is 4.88 Å². The number of thiophene rings is 1. The van der Waals surface area contributed by atoms with Crippen LogP contribution in [0.15, 0.2) is 29.3 Å². The number of benzene rings is 1. The van der Waals surface area contributed by atoms with E-state index in [4.69, 9.17) is 0 Å². The number of aromatic hydroxyl groups is 1. The highest BCUT2D eigenvalue weighted by Gasteiger charge is 2.17. The predicted molar refractivity (Wildman–Crippen MR) is 62.9 cm³/mol. The molecular formula is C11H10N2OS. The summed E-state index contributed by atoms with van der Waals surface area (Å²) in [4.78, 5) is 5.17. The summed E-state index contributed by atoms with van der Waals surface area (Å²) in [7, 11) is 0. The first-order valence-electron chi connectivity index (χ1n) is 4.85. The average molecular weight is 218 g/mol. The zero-order valence-electron chi connectivity index (χ0n) is 8.03. The maximum atomic E-state index is 10.0. The number of hydrogen-bond acceptors (Lipinski definition) is 4. The summed E-state index contributed by atoms with van der Waals surface area (Å²) in [5.41, 5.74) is 0. The Labute approximate surface area is 91.1 Å². The Morgan fingerprint density at radius 1 is 1.33 bits per heavy atom. The quantitative estimate of drug-likeness (QED) is 0.768. The summed E-state index contributed by atoms with van der Waals surface area (Å²) in [5.74, 6) is 1.18. The van der Waals surface area contributed by atoms with Gasteiger partial charge in [-0.25, -0.2) is 0 Å². The second kappa shape index (κ2) is 3.24. The molecule has 0 bridgehead atoms. The highest BCUT2D eigenvalue weighted by atomic mass is 32.1. The van der Waals surface area contributed by atoms with Crippen molar-refractivity contribution in [1.29, 1.82) is 0 Å². The molecule has 0 fully saturated rings. The highest BCUT2D eigenvalue weighted by molar-refractivity contribution is 7.21. The van der Waals surface area contributed by atoms with Gasteiger partial charge in [0.1, 0.15) is 16.5 Å². The molecule has 0 spiro atoms. The van der Waals surface area contributed by atoms with E-state index < -0.39 is 0 Å². The summed E-state index contributed by atoms with van der Waals surface area (Å²) in [6, 6.07) is 7.85. The number of rotatable bonds is 1. The lowest BCUT2D eigenvalue weighted by Gasteiger charge is -1.98. The summed E-state index contributed by atoms with van der Waals surface area (Å²) < 4.78 is 1.10. The lowest BCUT2D eigenvalue weighted by molar-refractivity contribution is 0.482. The van der Waals surface area contributed by atoms with Crippen LogP contribution in [0.4, 0.5) is 0 Å². The number of amidine groups is 1. The van der Waals surface area contributed by atoms with Crippen LogP contribution in [-0.4, -0.2) is 24.0 Å². The predicted octanol–water partition coefficient (Wildman–Crippen LogP) is 1.96. The topological polar surface area (TPSA) is 44.6 Å². The zero-order chi connectivity index (χ0) is 10.3. The average Bonchev–Trinajstić information content (AvgIpc) is 2.87. The molecule has 0 unspecified atom stereocenters. The van der Waals surface area contributed by atoms with Gasteiger partial charge in [-0.05, 0) is 12.1 Å². The van der Waals surface area contributed by atoms with Crippen molar-refractivity contribution >= 4 is 27.3 Å². The number of aliphatic imine (C=N–C) groups is 1. The molecule has 2 N–H and O–H groups in total. The molecule has 0 radical (unpaired) electrons. The highest BCUT2D eigenvalue weighted by Crippen LogP contribution is 2.36. The van der Waals surface area contributed by atoms with Crippen molar-refractivity contribution in [2.45, 2.75) is 0 Å². The van der Waals surface area contributed by atoms with E-state index in [9.17, 15) is 5.11 Å². The number of hydrogen-bond donors (Lipinski definition) is 2. The van der Waals surface area contributed by atoms with Crippen molar-refractivity contribution in [3.05, 3.63) is 29.1 Å². The lowest BCUT2D eigenvalue weighted by atomic mass is 10.2. The molecule has 4 heteroatoms. The minimum absolute atomic E-state index is 0.351. The number of fused-ring (bicyclic) bond motifs is 1. The molecule has 2 heterocycles. The minimum atomic E-state index is 0.351. The maximum Gasteiger partial charge on any atom is 0.145 e. The molecule has 1 aliphatic heterocycles. The molecule has 0 saturated carbocycles. The van der Waals surface area contributed by atoms with Crippen LogP contribution in [0.5, 0.6) is 5.75 Å². The minimum Gasteiger partial charge on any atom is -0.506 e. The molecule has 1 aromatic heterocycles. The van der Waals surface area contributed by atoms with Crippen LogP contribution in [-0.2, 0) is 0 Å². The van der Waals surface area contributed by atoms with Crippen LogP contribution < -0.4 is 5.32 Å². The fraction of sp³-hybridized carbons (Fsp3) is 0.182. The standard InChI is InChI=1S/C11H10N2OS/c14-9-7-3-1-2-4-8(7)15-10(9)11-12-5-6-13-11/h1-4,14H,5-6H2,(H,12,13). The third kappa shape index (κ3) is 1.29. The van der Waals surface area contributed by atoms with E-state index >= 15 is 0 Å². The first kappa shape index (κ1) is 8.73. The van der Waals surface area contributed by atoms with Gasteiger partial charge in [0.15, 0.2) is 0 Å². The van der Waals surface area contributed by atoms with Gasteiger partial charge in [0.2, 0.25) is 0 Å². The summed E-state index contributed by atoms with van der Waals surface area (Å²) in [6.45, 7) is 1.66. The third-order valence-corrected chi connectivity index (χ3v) is 3.63. The second-order valence-electron chi connectivity index (χ2n) is 3.43. The van der Waals surface area contributed by atoms with Gasteiger partial charge in [-0.3, -0.25) is 4.99 Å². The molecule has 3 rings (SSSR count). The van der Waals surface area contributed by atoms with Crippen molar-refractivity contribution in [3.63, 3.8) is 0 Å². The largest absolute Gasteiger partial charge is 0.506 e. The smallest absolute Gasteiger partial charge is 0.145 e. The Balaban J connectivity index is 2.23. The van der Waals surface area contributed by atoms with Gasteiger partial charge in [0.05, 0.1) is 6.54 Å². The molecular weight excluding hydrogens is 208 g/mol. The van der Waals surface area contributed by atoms with Crippen LogP contribution in [0.2, 0.25) is 0 Å². The number of nitrogens with zero attached hydrogens (tertiary/aromatic N) is 1. The van der Waals surface area contributed by atoms with E-state index in [2.05, 4.69) is 10.3 Å². The summed E-state index contributed by atoms with van der Waals surface area (Å²) in [6.07, 6.45) is 0. The van der Waals surface area contributed by atoms with Gasteiger partial charge < -0.3 is 10.4 Å². The Morgan fingerprint density at radius 2 is 2.20 bits per heavy atom. The summed E-state index contributed by atoms with van der Waals surface area (Å²) in [5, 5.41) is 14.1. The van der Waals surface area contributed by atoms with Gasteiger partial charge >= 0.3 is 0 Å². The van der Waals surface area contributed by atoms with Crippen molar-refractivity contribution < 1.29 is 5.11 Å². The SMILES string of the molecule is Oc1c(C2=NCCN2)sc2ccccc12. The van der Waals surface area contributed by atoms with E-state index in [1.807, 2.05) is 24.3 Å². The van der Waals surface area contributed by atoms with Crippen molar-refractivity contribution in [3.8, 4) is 5.75 Å². The van der Waals surface area contributed by atoms with Crippen LogP contribution in [0.25, 0.3) is 10.1 Å². The molecule has 0 aliphatic carbocycles. The van der Waals surface area contributed by atoms with Crippen LogP contribution in [0.3, 0.4) is 0 Å². The lowest BCUT2D eigenvalue weighted by Crippen LogP contribution is -2.18. The first-order chi connectivity index (χ1) is 7.36. The zero-order valence-corrected chi connectivity index (χ0v) is 8.84. The molecule has 1 aliphatic rings. The van der Waals surface area contributed by atoms with Gasteiger partial charge in [-0.2, -0.15) is 0 Å². The van der Waals surface area contributed by atoms with E-state index in [1.54, 1.807) is 11.3 Å². The van der Waals surface area contributed by atoms with Gasteiger partial charge in [0, 0.05) is 16.6 Å². The monoisotopic (exact) mass is 218 g/mol. The molecule has 76 valence electrons. The van der Waals surface area contributed by atoms with Gasteiger partial charge in [0.25, 0.3) is 0 Å². The maximum absolute atomic E-state index is 10.0. The molecule has 0 atom stereocenters. The number of nitrogens with one attached hydrogen (secondary N) is 1. The van der Waals surface area contributed by atoms with Crippen molar-refractivity contribution in [2.24, 2.45) is 4.99 Å². The Bertz CT molecular complexity index is 545. The first-order valence-corrected chi connectivity index (χ1v) is 5.67. The van der Waals surface area contributed by atoms with Crippen molar-refractivity contribution in [2.75, 3.05) is 13.1 Å². The Hall–Kier alpha value is -1.55. The van der Waals surface area contributed by atoms with Crippen molar-refractivity contribution in [1.82, 2.24) is 5.32 Å². The molecule has 15 heavy (non-hydrogen) atoms. The Kier molecular flexibility index (Phi) is 1.89. The van der Waals surface area contributed by atoms with E-state index in [1.165, 1.54) is 0 Å². The van der Waals surface area contributed by atoms with E-state index in [0.29, 0.717) is 5.75 Å².